The fourth-order valence-electron chi connectivity index (χ4n) is 1.44. The highest BCUT2D eigenvalue weighted by Gasteiger charge is 2.05. The molecular formula is C14H20N2OS. The number of carbonyl (C=O) groups is 1. The predicted octanol–water partition coefficient (Wildman–Crippen LogP) is 2.90. The molecule has 2 N–H and O–H groups in total. The fourth-order valence-corrected chi connectivity index (χ4v) is 2.18. The lowest BCUT2D eigenvalue weighted by molar-refractivity contribution is -0.116. The lowest BCUT2D eigenvalue weighted by Gasteiger charge is -2.10. The van der Waals surface area contributed by atoms with Crippen molar-refractivity contribution in [3.63, 3.8) is 0 Å². The molecule has 1 rings (SSSR count). The first-order valence-electron chi connectivity index (χ1n) is 6.11. The predicted molar refractivity (Wildman–Crippen MR) is 79.2 cm³/mol. The van der Waals surface area contributed by atoms with Crippen LogP contribution in [0.4, 0.5) is 5.69 Å². The minimum atomic E-state index is 0.0441. The number of rotatable bonds is 8. The quantitative estimate of drug-likeness (QED) is 0.431. The smallest absolute Gasteiger partial charge is 0.225 e. The molecule has 18 heavy (non-hydrogen) atoms. The maximum absolute atomic E-state index is 11.7. The normalized spacial score (nSPS) is 10.1. The number of benzene rings is 1. The molecule has 1 aromatic rings. The van der Waals surface area contributed by atoms with E-state index >= 15 is 0 Å². The molecule has 0 aliphatic rings. The molecule has 0 aliphatic carbocycles. The van der Waals surface area contributed by atoms with Gasteiger partial charge in [0.1, 0.15) is 0 Å². The van der Waals surface area contributed by atoms with E-state index in [2.05, 4.69) is 17.2 Å². The van der Waals surface area contributed by atoms with Crippen molar-refractivity contribution in [2.24, 2.45) is 0 Å². The van der Waals surface area contributed by atoms with Gasteiger partial charge in [-0.15, -0.1) is 18.3 Å². The second-order valence-corrected chi connectivity index (χ2v) is 4.81. The second-order valence-electron chi connectivity index (χ2n) is 3.75. The maximum atomic E-state index is 11.7. The Balaban J connectivity index is 2.54. The molecule has 3 nitrogen and oxygen atoms in total. The van der Waals surface area contributed by atoms with Crippen molar-refractivity contribution in [2.45, 2.75) is 18.2 Å². The molecule has 0 aromatic heterocycles. The van der Waals surface area contributed by atoms with Gasteiger partial charge in [0.05, 0.1) is 5.69 Å². The average molecular weight is 264 g/mol. The minimum Gasteiger partial charge on any atom is -0.325 e. The van der Waals surface area contributed by atoms with E-state index < -0.39 is 0 Å². The Hall–Kier alpha value is -1.26. The van der Waals surface area contributed by atoms with Crippen LogP contribution in [0.25, 0.3) is 0 Å². The fraction of sp³-hybridized carbons (Fsp3) is 0.357. The molecule has 1 amide bonds. The van der Waals surface area contributed by atoms with Crippen LogP contribution in [0.5, 0.6) is 0 Å². The Labute approximate surface area is 113 Å². The van der Waals surface area contributed by atoms with Crippen LogP contribution in [0.1, 0.15) is 13.3 Å². The molecule has 0 heterocycles. The van der Waals surface area contributed by atoms with E-state index in [9.17, 15) is 4.79 Å². The summed E-state index contributed by atoms with van der Waals surface area (Å²) < 4.78 is 0. The molecule has 0 fully saturated rings. The first-order valence-corrected chi connectivity index (χ1v) is 7.09. The summed E-state index contributed by atoms with van der Waals surface area (Å²) in [7, 11) is 0. The zero-order chi connectivity index (χ0) is 13.2. The van der Waals surface area contributed by atoms with Crippen molar-refractivity contribution in [1.82, 2.24) is 5.32 Å². The monoisotopic (exact) mass is 264 g/mol. The highest BCUT2D eigenvalue weighted by atomic mass is 32.2. The third-order valence-corrected chi connectivity index (χ3v) is 3.37. The topological polar surface area (TPSA) is 41.1 Å². The Kier molecular flexibility index (Phi) is 7.22. The van der Waals surface area contributed by atoms with Crippen molar-refractivity contribution < 1.29 is 4.79 Å². The zero-order valence-electron chi connectivity index (χ0n) is 10.7. The van der Waals surface area contributed by atoms with E-state index in [1.54, 1.807) is 11.8 Å². The van der Waals surface area contributed by atoms with Gasteiger partial charge in [-0.25, -0.2) is 0 Å². The number of hydrogen-bond acceptors (Lipinski definition) is 3. The lowest BCUT2D eigenvalue weighted by Crippen LogP contribution is -2.21. The number of hydrogen-bond donors (Lipinski definition) is 2. The highest BCUT2D eigenvalue weighted by molar-refractivity contribution is 7.99. The number of amides is 1. The summed E-state index contributed by atoms with van der Waals surface area (Å²) in [5, 5.41) is 6.08. The van der Waals surface area contributed by atoms with Crippen LogP contribution in [0.2, 0.25) is 0 Å². The van der Waals surface area contributed by atoms with E-state index in [1.807, 2.05) is 37.3 Å². The van der Waals surface area contributed by atoms with Crippen molar-refractivity contribution in [2.75, 3.05) is 24.2 Å². The Bertz CT molecular complexity index is 393. The molecule has 98 valence electrons. The van der Waals surface area contributed by atoms with Crippen LogP contribution in [0.3, 0.4) is 0 Å². The molecular weight excluding hydrogens is 244 g/mol. The Morgan fingerprint density at radius 1 is 1.44 bits per heavy atom. The zero-order valence-corrected chi connectivity index (χ0v) is 11.6. The van der Waals surface area contributed by atoms with Gasteiger partial charge in [0, 0.05) is 23.6 Å². The molecule has 0 saturated heterocycles. The van der Waals surface area contributed by atoms with Gasteiger partial charge in [-0.1, -0.05) is 25.1 Å². The summed E-state index contributed by atoms with van der Waals surface area (Å²) in [6.45, 7) is 7.33. The van der Waals surface area contributed by atoms with Crippen LogP contribution >= 0.6 is 11.8 Å². The van der Waals surface area contributed by atoms with Crippen LogP contribution < -0.4 is 10.6 Å². The van der Waals surface area contributed by atoms with E-state index in [1.165, 1.54) is 0 Å². The first kappa shape index (κ1) is 14.8. The summed E-state index contributed by atoms with van der Waals surface area (Å²) in [6, 6.07) is 7.84. The van der Waals surface area contributed by atoms with Gasteiger partial charge >= 0.3 is 0 Å². The molecule has 0 aliphatic heterocycles. The van der Waals surface area contributed by atoms with Crippen LogP contribution in [-0.4, -0.2) is 24.7 Å². The number of nitrogens with one attached hydrogen (secondary N) is 2. The Morgan fingerprint density at radius 3 is 2.94 bits per heavy atom. The lowest BCUT2D eigenvalue weighted by atomic mass is 10.3. The molecule has 0 radical (unpaired) electrons. The van der Waals surface area contributed by atoms with Crippen molar-refractivity contribution >= 4 is 23.4 Å². The molecule has 4 heteroatoms. The van der Waals surface area contributed by atoms with Crippen LogP contribution in [0.15, 0.2) is 41.8 Å². The summed E-state index contributed by atoms with van der Waals surface area (Å²) in [6.07, 6.45) is 2.35. The number of anilines is 1. The number of thioether (sulfide) groups is 1. The van der Waals surface area contributed by atoms with Crippen molar-refractivity contribution in [3.8, 4) is 0 Å². The molecule has 0 atom stereocenters. The average Bonchev–Trinajstić information content (AvgIpc) is 2.38. The van der Waals surface area contributed by atoms with Gasteiger partial charge < -0.3 is 10.6 Å². The standard InChI is InChI=1S/C14H20N2OS/c1-3-11-18-13-8-6-5-7-12(13)16-14(17)9-10-15-4-2/h3,5-8,15H,1,4,9-11H2,2H3,(H,16,17). The van der Waals surface area contributed by atoms with Gasteiger partial charge in [0.15, 0.2) is 0 Å². The van der Waals surface area contributed by atoms with Gasteiger partial charge in [0.2, 0.25) is 5.91 Å². The van der Waals surface area contributed by atoms with Crippen LogP contribution in [-0.2, 0) is 4.79 Å². The minimum absolute atomic E-state index is 0.0441. The second kappa shape index (κ2) is 8.78. The van der Waals surface area contributed by atoms with Crippen molar-refractivity contribution in [1.29, 1.82) is 0 Å². The third-order valence-electron chi connectivity index (χ3n) is 2.30. The third kappa shape index (κ3) is 5.38. The SMILES string of the molecule is C=CCSc1ccccc1NC(=O)CCNCC. The number of para-hydroxylation sites is 1. The molecule has 0 spiro atoms. The Morgan fingerprint density at radius 2 is 2.22 bits per heavy atom. The van der Waals surface area contributed by atoms with Gasteiger partial charge in [0.25, 0.3) is 0 Å². The van der Waals surface area contributed by atoms with Gasteiger partial charge in [-0.3, -0.25) is 4.79 Å². The summed E-state index contributed by atoms with van der Waals surface area (Å²) >= 11 is 1.67. The maximum Gasteiger partial charge on any atom is 0.225 e. The van der Waals surface area contributed by atoms with Gasteiger partial charge in [-0.2, -0.15) is 0 Å². The van der Waals surface area contributed by atoms with Gasteiger partial charge in [-0.05, 0) is 18.7 Å². The first-order chi connectivity index (χ1) is 8.77. The van der Waals surface area contributed by atoms with E-state index in [4.69, 9.17) is 0 Å². The summed E-state index contributed by atoms with van der Waals surface area (Å²) in [4.78, 5) is 12.8. The number of carbonyl (C=O) groups excluding carboxylic acids is 1. The largest absolute Gasteiger partial charge is 0.325 e. The van der Waals surface area contributed by atoms with Crippen LogP contribution in [0, 0.1) is 0 Å². The highest BCUT2D eigenvalue weighted by Crippen LogP contribution is 2.26. The summed E-state index contributed by atoms with van der Waals surface area (Å²) in [5.74, 6) is 0.882. The van der Waals surface area contributed by atoms with E-state index in [-0.39, 0.29) is 5.91 Å². The molecule has 0 saturated carbocycles. The molecule has 0 bridgehead atoms. The van der Waals surface area contributed by atoms with E-state index in [0.29, 0.717) is 13.0 Å². The van der Waals surface area contributed by atoms with E-state index in [0.717, 1.165) is 22.9 Å². The van der Waals surface area contributed by atoms with Crippen molar-refractivity contribution in [3.05, 3.63) is 36.9 Å². The molecule has 0 unspecified atom stereocenters. The summed E-state index contributed by atoms with van der Waals surface area (Å²) in [5.41, 5.74) is 0.880. The molecule has 1 aromatic carbocycles.